The first-order valence-corrected chi connectivity index (χ1v) is 9.68. The molecule has 0 saturated carbocycles. The summed E-state index contributed by atoms with van der Waals surface area (Å²) in [7, 11) is 0. The maximum absolute atomic E-state index is 12.0. The second-order valence-corrected chi connectivity index (χ2v) is 7.00. The van der Waals surface area contributed by atoms with Crippen LogP contribution >= 0.6 is 22.6 Å². The Labute approximate surface area is 176 Å². The molecule has 3 rings (SSSR count). The standard InChI is InChI=1S/C22H18INO4/c23-18-11-5-6-12-19(18)24-21(25)14-28-22(26)15-27-20-13-7-4-10-17(20)16-8-2-1-3-9-16/h1-13H,14-15H2,(H,24,25). The van der Waals surface area contributed by atoms with Gasteiger partial charge in [0, 0.05) is 9.13 Å². The molecule has 5 nitrogen and oxygen atoms in total. The van der Waals surface area contributed by atoms with Crippen molar-refractivity contribution in [2.75, 3.05) is 18.5 Å². The quantitative estimate of drug-likeness (QED) is 0.393. The molecule has 0 unspecified atom stereocenters. The molecule has 0 aliphatic carbocycles. The van der Waals surface area contributed by atoms with Crippen molar-refractivity contribution in [3.05, 3.63) is 82.4 Å². The topological polar surface area (TPSA) is 64.6 Å². The van der Waals surface area contributed by atoms with Crippen LogP contribution in [-0.2, 0) is 14.3 Å². The summed E-state index contributed by atoms with van der Waals surface area (Å²) in [6, 6.07) is 24.6. The van der Waals surface area contributed by atoms with Crippen LogP contribution in [0.2, 0.25) is 0 Å². The van der Waals surface area contributed by atoms with Crippen molar-refractivity contribution in [3.63, 3.8) is 0 Å². The zero-order chi connectivity index (χ0) is 19.8. The van der Waals surface area contributed by atoms with Crippen LogP contribution in [0.1, 0.15) is 0 Å². The highest BCUT2D eigenvalue weighted by Gasteiger charge is 2.12. The molecule has 1 N–H and O–H groups in total. The van der Waals surface area contributed by atoms with Gasteiger partial charge in [-0.3, -0.25) is 4.79 Å². The Kier molecular flexibility index (Phi) is 7.02. The number of anilines is 1. The van der Waals surface area contributed by atoms with Gasteiger partial charge in [0.1, 0.15) is 5.75 Å². The van der Waals surface area contributed by atoms with E-state index >= 15 is 0 Å². The van der Waals surface area contributed by atoms with Crippen LogP contribution in [0.4, 0.5) is 5.69 Å². The highest BCUT2D eigenvalue weighted by atomic mass is 127. The third-order valence-electron chi connectivity index (χ3n) is 3.83. The Bertz CT molecular complexity index is 960. The Balaban J connectivity index is 1.51. The number of rotatable bonds is 7. The normalized spacial score (nSPS) is 10.2. The molecular formula is C22H18INO4. The highest BCUT2D eigenvalue weighted by molar-refractivity contribution is 14.1. The molecule has 6 heteroatoms. The minimum absolute atomic E-state index is 0.278. The van der Waals surface area contributed by atoms with Crippen molar-refractivity contribution in [1.29, 1.82) is 0 Å². The van der Waals surface area contributed by atoms with Crippen molar-refractivity contribution in [1.82, 2.24) is 0 Å². The van der Waals surface area contributed by atoms with E-state index in [1.807, 2.05) is 66.7 Å². The number of para-hydroxylation sites is 2. The van der Waals surface area contributed by atoms with Crippen LogP contribution in [0.15, 0.2) is 78.9 Å². The minimum atomic E-state index is -0.610. The van der Waals surface area contributed by atoms with Crippen LogP contribution in [0, 0.1) is 3.57 Å². The predicted octanol–water partition coefficient (Wildman–Crippen LogP) is 4.52. The third kappa shape index (κ3) is 5.56. The summed E-state index contributed by atoms with van der Waals surface area (Å²) in [5.74, 6) is -0.433. The predicted molar refractivity (Wildman–Crippen MR) is 116 cm³/mol. The molecular weight excluding hydrogens is 469 g/mol. The van der Waals surface area contributed by atoms with Gasteiger partial charge in [-0.2, -0.15) is 0 Å². The number of benzene rings is 3. The van der Waals surface area contributed by atoms with Gasteiger partial charge in [-0.1, -0.05) is 60.7 Å². The van der Waals surface area contributed by atoms with E-state index in [0.29, 0.717) is 11.4 Å². The summed E-state index contributed by atoms with van der Waals surface area (Å²) in [4.78, 5) is 23.9. The van der Waals surface area contributed by atoms with E-state index in [1.54, 1.807) is 12.1 Å². The molecule has 0 radical (unpaired) electrons. The van der Waals surface area contributed by atoms with Gasteiger partial charge in [0.15, 0.2) is 13.2 Å². The van der Waals surface area contributed by atoms with E-state index in [1.165, 1.54) is 0 Å². The fourth-order valence-corrected chi connectivity index (χ4v) is 3.04. The third-order valence-corrected chi connectivity index (χ3v) is 4.77. The van der Waals surface area contributed by atoms with Crippen LogP contribution in [0.3, 0.4) is 0 Å². The second kappa shape index (κ2) is 9.89. The Morgan fingerprint density at radius 1 is 0.821 bits per heavy atom. The van der Waals surface area contributed by atoms with E-state index in [2.05, 4.69) is 27.9 Å². The number of ether oxygens (including phenoxy) is 2. The number of amides is 1. The molecule has 0 bridgehead atoms. The van der Waals surface area contributed by atoms with E-state index in [4.69, 9.17) is 9.47 Å². The molecule has 0 aliphatic heterocycles. The van der Waals surface area contributed by atoms with Crippen LogP contribution in [0.25, 0.3) is 11.1 Å². The summed E-state index contributed by atoms with van der Waals surface area (Å²) in [6.45, 7) is -0.645. The maximum atomic E-state index is 12.0. The lowest BCUT2D eigenvalue weighted by molar-refractivity contribution is -0.149. The van der Waals surface area contributed by atoms with Crippen molar-refractivity contribution < 1.29 is 19.1 Å². The zero-order valence-electron chi connectivity index (χ0n) is 14.9. The van der Waals surface area contributed by atoms with E-state index in [-0.39, 0.29) is 13.2 Å². The first-order valence-electron chi connectivity index (χ1n) is 8.61. The largest absolute Gasteiger partial charge is 0.481 e. The maximum Gasteiger partial charge on any atom is 0.344 e. The van der Waals surface area contributed by atoms with E-state index < -0.39 is 11.9 Å². The molecule has 0 fully saturated rings. The molecule has 0 aromatic heterocycles. The molecule has 142 valence electrons. The Morgan fingerprint density at radius 2 is 1.50 bits per heavy atom. The van der Waals surface area contributed by atoms with Crippen molar-refractivity contribution in [3.8, 4) is 16.9 Å². The van der Waals surface area contributed by atoms with Crippen molar-refractivity contribution in [2.45, 2.75) is 0 Å². The summed E-state index contributed by atoms with van der Waals surface area (Å²) in [5.41, 5.74) is 2.55. The summed E-state index contributed by atoms with van der Waals surface area (Å²) in [6.07, 6.45) is 0. The van der Waals surface area contributed by atoms with Gasteiger partial charge < -0.3 is 14.8 Å². The van der Waals surface area contributed by atoms with Gasteiger partial charge in [0.25, 0.3) is 5.91 Å². The molecule has 1 amide bonds. The Hall–Kier alpha value is -2.87. The average molecular weight is 487 g/mol. The van der Waals surface area contributed by atoms with Gasteiger partial charge >= 0.3 is 5.97 Å². The number of carbonyl (C=O) groups excluding carboxylic acids is 2. The lowest BCUT2D eigenvalue weighted by atomic mass is 10.1. The van der Waals surface area contributed by atoms with E-state index in [9.17, 15) is 9.59 Å². The molecule has 3 aromatic carbocycles. The van der Waals surface area contributed by atoms with Crippen LogP contribution in [0.5, 0.6) is 5.75 Å². The van der Waals surface area contributed by atoms with Gasteiger partial charge in [-0.15, -0.1) is 0 Å². The van der Waals surface area contributed by atoms with Crippen LogP contribution < -0.4 is 10.1 Å². The molecule has 3 aromatic rings. The van der Waals surface area contributed by atoms with Gasteiger partial charge in [-0.05, 0) is 46.4 Å². The first kappa shape index (κ1) is 19.9. The first-order chi connectivity index (χ1) is 13.6. The smallest absolute Gasteiger partial charge is 0.344 e. The molecule has 0 heterocycles. The molecule has 28 heavy (non-hydrogen) atoms. The number of esters is 1. The van der Waals surface area contributed by atoms with Gasteiger partial charge in [0.2, 0.25) is 0 Å². The number of carbonyl (C=O) groups is 2. The second-order valence-electron chi connectivity index (χ2n) is 5.84. The number of nitrogens with one attached hydrogen (secondary N) is 1. The number of halogens is 1. The molecule has 0 spiro atoms. The minimum Gasteiger partial charge on any atom is -0.481 e. The zero-order valence-corrected chi connectivity index (χ0v) is 17.1. The van der Waals surface area contributed by atoms with E-state index in [0.717, 1.165) is 14.7 Å². The molecule has 0 aliphatic rings. The number of hydrogen-bond acceptors (Lipinski definition) is 4. The summed E-state index contributed by atoms with van der Waals surface area (Å²) >= 11 is 2.12. The molecule has 0 saturated heterocycles. The lowest BCUT2D eigenvalue weighted by Crippen LogP contribution is -2.24. The van der Waals surface area contributed by atoms with Crippen molar-refractivity contribution in [2.24, 2.45) is 0 Å². The highest BCUT2D eigenvalue weighted by Crippen LogP contribution is 2.29. The van der Waals surface area contributed by atoms with Gasteiger partial charge in [0.05, 0.1) is 5.69 Å². The fraction of sp³-hybridized carbons (Fsp3) is 0.0909. The fourth-order valence-electron chi connectivity index (χ4n) is 2.52. The Morgan fingerprint density at radius 3 is 2.29 bits per heavy atom. The summed E-state index contributed by atoms with van der Waals surface area (Å²) < 4.78 is 11.5. The average Bonchev–Trinajstić information content (AvgIpc) is 2.73. The number of hydrogen-bond donors (Lipinski definition) is 1. The molecule has 0 atom stereocenters. The van der Waals surface area contributed by atoms with Gasteiger partial charge in [-0.25, -0.2) is 4.79 Å². The van der Waals surface area contributed by atoms with Crippen molar-refractivity contribution >= 4 is 40.2 Å². The monoisotopic (exact) mass is 487 g/mol. The lowest BCUT2D eigenvalue weighted by Gasteiger charge is -2.12. The SMILES string of the molecule is O=C(COC(=O)COc1ccccc1-c1ccccc1)Nc1ccccc1I. The summed E-state index contributed by atoms with van der Waals surface area (Å²) in [5, 5.41) is 2.71. The van der Waals surface area contributed by atoms with Crippen LogP contribution in [-0.4, -0.2) is 25.1 Å².